The van der Waals surface area contributed by atoms with Gasteiger partial charge in [-0.3, -0.25) is 0 Å². The first-order valence-corrected chi connectivity index (χ1v) is 8.74. The average molecular weight is 351 g/mol. The van der Waals surface area contributed by atoms with Gasteiger partial charge in [-0.1, -0.05) is 36.4 Å². The van der Waals surface area contributed by atoms with Crippen LogP contribution in [0.1, 0.15) is 11.1 Å². The van der Waals surface area contributed by atoms with Crippen molar-refractivity contribution in [1.82, 2.24) is 14.5 Å². The minimum Gasteiger partial charge on any atom is -0.490 e. The van der Waals surface area contributed by atoms with Crippen molar-refractivity contribution in [3.8, 4) is 17.1 Å². The van der Waals surface area contributed by atoms with Gasteiger partial charge in [0.05, 0.1) is 12.2 Å². The summed E-state index contributed by atoms with van der Waals surface area (Å²) in [5.74, 6) is 1.59. The number of aliphatic hydroxyl groups excluding tert-OH is 1. The Morgan fingerprint density at radius 1 is 1.04 bits per heavy atom. The molecule has 0 spiro atoms. The second-order valence-electron chi connectivity index (χ2n) is 6.50. The predicted molar refractivity (Wildman–Crippen MR) is 103 cm³/mol. The molecule has 0 atom stereocenters. The van der Waals surface area contributed by atoms with Crippen LogP contribution in [0.3, 0.4) is 0 Å². The van der Waals surface area contributed by atoms with Crippen molar-refractivity contribution in [1.29, 1.82) is 0 Å². The van der Waals surface area contributed by atoms with Crippen LogP contribution < -0.4 is 4.74 Å². The lowest BCUT2D eigenvalue weighted by Crippen LogP contribution is -2.10. The Morgan fingerprint density at radius 2 is 1.77 bits per heavy atom. The first kappa shape index (κ1) is 18.2. The number of ether oxygens (including phenoxy) is 1. The molecule has 0 amide bonds. The zero-order chi connectivity index (χ0) is 18.4. The fourth-order valence-electron chi connectivity index (χ4n) is 2.93. The average Bonchev–Trinajstić information content (AvgIpc) is 3.09. The molecule has 0 saturated carbocycles. The Hall–Kier alpha value is -2.63. The highest BCUT2D eigenvalue weighted by Crippen LogP contribution is 2.29. The van der Waals surface area contributed by atoms with Gasteiger partial charge in [0.2, 0.25) is 0 Å². The summed E-state index contributed by atoms with van der Waals surface area (Å²) in [6.45, 7) is 1.94. The van der Waals surface area contributed by atoms with Crippen molar-refractivity contribution < 1.29 is 9.84 Å². The zero-order valence-electron chi connectivity index (χ0n) is 15.3. The molecular formula is C21H25N3O2. The highest BCUT2D eigenvalue weighted by molar-refractivity contribution is 5.64. The van der Waals surface area contributed by atoms with Gasteiger partial charge in [0.25, 0.3) is 0 Å². The molecular weight excluding hydrogens is 326 g/mol. The second kappa shape index (κ2) is 8.65. The predicted octanol–water partition coefficient (Wildman–Crippen LogP) is 3.03. The van der Waals surface area contributed by atoms with Gasteiger partial charge in [0, 0.05) is 25.5 Å². The van der Waals surface area contributed by atoms with E-state index in [0.717, 1.165) is 30.2 Å². The summed E-state index contributed by atoms with van der Waals surface area (Å²) in [5, 5.41) is 9.03. The van der Waals surface area contributed by atoms with Crippen LogP contribution in [0.2, 0.25) is 0 Å². The third kappa shape index (κ3) is 4.50. The monoisotopic (exact) mass is 351 g/mol. The summed E-state index contributed by atoms with van der Waals surface area (Å²) in [4.78, 5) is 6.68. The Bertz CT molecular complexity index is 825. The van der Waals surface area contributed by atoms with E-state index < -0.39 is 0 Å². The molecule has 0 radical (unpaired) electrons. The van der Waals surface area contributed by atoms with Gasteiger partial charge >= 0.3 is 0 Å². The molecule has 0 saturated heterocycles. The van der Waals surface area contributed by atoms with Crippen LogP contribution in [0.15, 0.2) is 60.9 Å². The lowest BCUT2D eigenvalue weighted by molar-refractivity contribution is 0.202. The summed E-state index contributed by atoms with van der Waals surface area (Å²) >= 11 is 0. The Balaban J connectivity index is 1.81. The summed E-state index contributed by atoms with van der Waals surface area (Å²) in [5.41, 5.74) is 3.45. The number of para-hydroxylation sites is 1. The van der Waals surface area contributed by atoms with E-state index in [4.69, 9.17) is 9.84 Å². The first-order chi connectivity index (χ1) is 12.7. The van der Waals surface area contributed by atoms with E-state index >= 15 is 0 Å². The number of hydrogen-bond acceptors (Lipinski definition) is 4. The lowest BCUT2D eigenvalue weighted by atomic mass is 10.1. The van der Waals surface area contributed by atoms with E-state index in [9.17, 15) is 0 Å². The minimum atomic E-state index is -0.0118. The van der Waals surface area contributed by atoms with Crippen LogP contribution in [-0.4, -0.2) is 46.9 Å². The molecule has 0 aliphatic rings. The van der Waals surface area contributed by atoms with Crippen LogP contribution in [0.25, 0.3) is 11.4 Å². The summed E-state index contributed by atoms with van der Waals surface area (Å²) < 4.78 is 7.77. The van der Waals surface area contributed by atoms with Crippen molar-refractivity contribution in [2.75, 3.05) is 27.3 Å². The van der Waals surface area contributed by atoms with E-state index in [1.54, 1.807) is 6.20 Å². The highest BCUT2D eigenvalue weighted by Gasteiger charge is 2.12. The Labute approximate surface area is 154 Å². The van der Waals surface area contributed by atoms with Crippen LogP contribution in [0.4, 0.5) is 0 Å². The molecule has 26 heavy (non-hydrogen) atoms. The molecule has 3 aromatic rings. The van der Waals surface area contributed by atoms with Crippen molar-refractivity contribution in [3.05, 3.63) is 72.1 Å². The third-order valence-electron chi connectivity index (χ3n) is 4.07. The molecule has 2 aromatic carbocycles. The maximum Gasteiger partial charge on any atom is 0.143 e. The molecule has 0 aliphatic heterocycles. The molecule has 5 nitrogen and oxygen atoms in total. The van der Waals surface area contributed by atoms with Crippen molar-refractivity contribution in [2.45, 2.75) is 13.1 Å². The molecule has 0 fully saturated rings. The van der Waals surface area contributed by atoms with Crippen molar-refractivity contribution in [2.24, 2.45) is 0 Å². The maximum atomic E-state index is 9.03. The van der Waals surface area contributed by atoms with Gasteiger partial charge < -0.3 is 19.3 Å². The van der Waals surface area contributed by atoms with Crippen LogP contribution in [-0.2, 0) is 13.1 Å². The fourth-order valence-corrected chi connectivity index (χ4v) is 2.93. The number of rotatable bonds is 8. The Kier molecular flexibility index (Phi) is 6.04. The summed E-state index contributed by atoms with van der Waals surface area (Å²) in [7, 11) is 4.14. The minimum absolute atomic E-state index is 0.0118. The lowest BCUT2D eigenvalue weighted by Gasteiger charge is -2.13. The van der Waals surface area contributed by atoms with E-state index in [1.807, 2.05) is 30.5 Å². The quantitative estimate of drug-likeness (QED) is 0.678. The van der Waals surface area contributed by atoms with E-state index in [-0.39, 0.29) is 13.2 Å². The zero-order valence-corrected chi connectivity index (χ0v) is 15.3. The van der Waals surface area contributed by atoms with Crippen molar-refractivity contribution in [3.63, 3.8) is 0 Å². The van der Waals surface area contributed by atoms with E-state index in [1.165, 1.54) is 11.1 Å². The molecule has 0 unspecified atom stereocenters. The van der Waals surface area contributed by atoms with Gasteiger partial charge in [-0.15, -0.1) is 0 Å². The molecule has 3 rings (SSSR count). The third-order valence-corrected chi connectivity index (χ3v) is 4.07. The number of aromatic nitrogens is 2. The first-order valence-electron chi connectivity index (χ1n) is 8.74. The molecule has 0 bridgehead atoms. The number of benzene rings is 2. The van der Waals surface area contributed by atoms with Gasteiger partial charge in [0.15, 0.2) is 0 Å². The van der Waals surface area contributed by atoms with Crippen LogP contribution in [0.5, 0.6) is 5.75 Å². The molecule has 1 aromatic heterocycles. The van der Waals surface area contributed by atoms with Crippen LogP contribution in [0, 0.1) is 0 Å². The molecule has 136 valence electrons. The molecule has 1 N–H and O–H groups in total. The topological polar surface area (TPSA) is 50.5 Å². The molecule has 0 aliphatic carbocycles. The van der Waals surface area contributed by atoms with Gasteiger partial charge in [0.1, 0.15) is 18.2 Å². The van der Waals surface area contributed by atoms with Gasteiger partial charge in [-0.05, 0) is 37.4 Å². The van der Waals surface area contributed by atoms with Gasteiger partial charge in [-0.2, -0.15) is 0 Å². The number of nitrogens with zero attached hydrogens (tertiary/aromatic N) is 3. The maximum absolute atomic E-state index is 9.03. The standard InChI is InChI=1S/C21H25N3O2/c1-23(2)15-17-7-9-18(10-8-17)16-24-12-11-22-21(24)19-5-3-4-6-20(19)26-14-13-25/h3-12,25H,13-16H2,1-2H3. The number of imidazole rings is 1. The number of aliphatic hydroxyl groups is 1. The molecule has 5 heteroatoms. The second-order valence-corrected chi connectivity index (χ2v) is 6.50. The largest absolute Gasteiger partial charge is 0.490 e. The fraction of sp³-hybridized carbons (Fsp3) is 0.286. The van der Waals surface area contributed by atoms with Gasteiger partial charge in [-0.25, -0.2) is 4.98 Å². The highest BCUT2D eigenvalue weighted by atomic mass is 16.5. The SMILES string of the molecule is CN(C)Cc1ccc(Cn2ccnc2-c2ccccc2OCCO)cc1. The summed E-state index contributed by atoms with van der Waals surface area (Å²) in [6, 6.07) is 16.5. The van der Waals surface area contributed by atoms with Crippen LogP contribution >= 0.6 is 0 Å². The van der Waals surface area contributed by atoms with E-state index in [0.29, 0.717) is 0 Å². The number of hydrogen-bond donors (Lipinski definition) is 1. The Morgan fingerprint density at radius 3 is 2.50 bits per heavy atom. The van der Waals surface area contributed by atoms with E-state index in [2.05, 4.69) is 52.8 Å². The molecule has 1 heterocycles. The normalized spacial score (nSPS) is 11.1. The summed E-state index contributed by atoms with van der Waals surface area (Å²) in [6.07, 6.45) is 3.78. The van der Waals surface area contributed by atoms with Crippen molar-refractivity contribution >= 4 is 0 Å². The smallest absolute Gasteiger partial charge is 0.143 e.